The molecule has 1 aliphatic rings. The number of unbranched alkanes of at least 4 members (excludes halogenated alkanes) is 2. The molecule has 88 valence electrons. The van der Waals surface area contributed by atoms with Gasteiger partial charge in [0.1, 0.15) is 0 Å². The second kappa shape index (κ2) is 5.53. The maximum absolute atomic E-state index is 11.5. The summed E-state index contributed by atoms with van der Waals surface area (Å²) in [5, 5.41) is 3.07. The minimum atomic E-state index is 0.264. The Morgan fingerprint density at radius 3 is 2.53 bits per heavy atom. The summed E-state index contributed by atoms with van der Waals surface area (Å²) in [4.78, 5) is 11.5. The van der Waals surface area contributed by atoms with Gasteiger partial charge in [-0.05, 0) is 24.7 Å². The summed E-state index contributed by atoms with van der Waals surface area (Å²) >= 11 is 0. The molecule has 0 aromatic rings. The van der Waals surface area contributed by atoms with Crippen LogP contribution in [0.4, 0.5) is 0 Å². The van der Waals surface area contributed by atoms with Gasteiger partial charge in [0, 0.05) is 12.5 Å². The fraction of sp³-hybridized carbons (Fsp3) is 0.923. The molecule has 0 spiro atoms. The van der Waals surface area contributed by atoms with Gasteiger partial charge in [-0.15, -0.1) is 0 Å². The molecule has 0 saturated heterocycles. The fourth-order valence-corrected chi connectivity index (χ4v) is 1.76. The van der Waals surface area contributed by atoms with Gasteiger partial charge >= 0.3 is 0 Å². The van der Waals surface area contributed by atoms with Crippen molar-refractivity contribution in [1.29, 1.82) is 0 Å². The van der Waals surface area contributed by atoms with E-state index in [0.717, 1.165) is 19.4 Å². The molecular formula is C13H25NO. The van der Waals surface area contributed by atoms with Gasteiger partial charge in [-0.3, -0.25) is 4.79 Å². The summed E-state index contributed by atoms with van der Waals surface area (Å²) in [6.45, 7) is 7.56. The zero-order valence-electron chi connectivity index (χ0n) is 10.4. The molecule has 0 bridgehead atoms. The zero-order chi connectivity index (χ0) is 11.3. The van der Waals surface area contributed by atoms with Gasteiger partial charge in [0.05, 0.1) is 0 Å². The van der Waals surface area contributed by atoms with Crippen molar-refractivity contribution in [2.45, 2.75) is 59.3 Å². The molecule has 2 nitrogen and oxygen atoms in total. The van der Waals surface area contributed by atoms with E-state index >= 15 is 0 Å². The molecule has 0 aromatic carbocycles. The van der Waals surface area contributed by atoms with E-state index in [4.69, 9.17) is 0 Å². The summed E-state index contributed by atoms with van der Waals surface area (Å²) < 4.78 is 0. The van der Waals surface area contributed by atoms with E-state index in [0.29, 0.717) is 5.92 Å². The van der Waals surface area contributed by atoms with Crippen molar-refractivity contribution < 1.29 is 4.79 Å². The first-order valence-electron chi connectivity index (χ1n) is 6.33. The first kappa shape index (κ1) is 12.5. The van der Waals surface area contributed by atoms with Crippen LogP contribution in [0.15, 0.2) is 0 Å². The summed E-state index contributed by atoms with van der Waals surface area (Å²) in [5.41, 5.74) is 0.264. The van der Waals surface area contributed by atoms with Crippen molar-refractivity contribution in [1.82, 2.24) is 5.32 Å². The van der Waals surface area contributed by atoms with Crippen LogP contribution in [-0.2, 0) is 4.79 Å². The smallest absolute Gasteiger partial charge is 0.223 e. The Kier molecular flexibility index (Phi) is 4.62. The third-order valence-corrected chi connectivity index (χ3v) is 3.15. The Labute approximate surface area is 93.8 Å². The second-order valence-corrected chi connectivity index (χ2v) is 5.61. The standard InChI is InChI=1S/C13H25NO/c1-4-5-6-9-13(2,3)10-14-12(15)11-7-8-11/h11H,4-10H2,1-3H3,(H,14,15). The summed E-state index contributed by atoms with van der Waals surface area (Å²) in [6, 6.07) is 0. The van der Waals surface area contributed by atoms with E-state index in [9.17, 15) is 4.79 Å². The minimum absolute atomic E-state index is 0.264. The van der Waals surface area contributed by atoms with Crippen molar-refractivity contribution in [2.24, 2.45) is 11.3 Å². The van der Waals surface area contributed by atoms with Gasteiger partial charge in [-0.2, -0.15) is 0 Å². The highest BCUT2D eigenvalue weighted by molar-refractivity contribution is 5.80. The fourth-order valence-electron chi connectivity index (χ4n) is 1.76. The molecule has 0 atom stereocenters. The molecule has 15 heavy (non-hydrogen) atoms. The Balaban J connectivity index is 2.13. The predicted molar refractivity (Wildman–Crippen MR) is 63.7 cm³/mol. The van der Waals surface area contributed by atoms with Crippen molar-refractivity contribution in [3.05, 3.63) is 0 Å². The average Bonchev–Trinajstić information content (AvgIpc) is 2.98. The lowest BCUT2D eigenvalue weighted by Gasteiger charge is -2.24. The lowest BCUT2D eigenvalue weighted by atomic mass is 9.87. The van der Waals surface area contributed by atoms with E-state index < -0.39 is 0 Å². The van der Waals surface area contributed by atoms with Crippen molar-refractivity contribution in [2.75, 3.05) is 6.54 Å². The Morgan fingerprint density at radius 2 is 2.00 bits per heavy atom. The third-order valence-electron chi connectivity index (χ3n) is 3.15. The van der Waals surface area contributed by atoms with E-state index in [-0.39, 0.29) is 11.3 Å². The molecule has 0 heterocycles. The largest absolute Gasteiger partial charge is 0.355 e. The van der Waals surface area contributed by atoms with Crippen LogP contribution in [0.25, 0.3) is 0 Å². The highest BCUT2D eigenvalue weighted by Crippen LogP contribution is 2.29. The van der Waals surface area contributed by atoms with Crippen LogP contribution in [-0.4, -0.2) is 12.5 Å². The monoisotopic (exact) mass is 211 g/mol. The Bertz CT molecular complexity index is 207. The van der Waals surface area contributed by atoms with Gasteiger partial charge in [0.15, 0.2) is 0 Å². The number of carbonyl (C=O) groups excluding carboxylic acids is 1. The van der Waals surface area contributed by atoms with Crippen LogP contribution in [0.5, 0.6) is 0 Å². The van der Waals surface area contributed by atoms with Crippen LogP contribution in [0.3, 0.4) is 0 Å². The highest BCUT2D eigenvalue weighted by Gasteiger charge is 2.30. The number of nitrogens with one attached hydrogen (secondary N) is 1. The molecule has 1 amide bonds. The minimum Gasteiger partial charge on any atom is -0.355 e. The molecular weight excluding hydrogens is 186 g/mol. The lowest BCUT2D eigenvalue weighted by molar-refractivity contribution is -0.122. The quantitative estimate of drug-likeness (QED) is 0.644. The van der Waals surface area contributed by atoms with Crippen molar-refractivity contribution in [3.8, 4) is 0 Å². The van der Waals surface area contributed by atoms with E-state index in [1.54, 1.807) is 0 Å². The maximum atomic E-state index is 11.5. The molecule has 1 aliphatic carbocycles. The number of hydrogen-bond donors (Lipinski definition) is 1. The maximum Gasteiger partial charge on any atom is 0.223 e. The van der Waals surface area contributed by atoms with Crippen LogP contribution in [0.1, 0.15) is 59.3 Å². The van der Waals surface area contributed by atoms with Gasteiger partial charge < -0.3 is 5.32 Å². The Morgan fingerprint density at radius 1 is 1.33 bits per heavy atom. The van der Waals surface area contributed by atoms with E-state index in [2.05, 4.69) is 26.1 Å². The molecule has 1 N–H and O–H groups in total. The molecule has 1 rings (SSSR count). The normalized spacial score (nSPS) is 16.5. The molecule has 0 aromatic heterocycles. The summed E-state index contributed by atoms with van der Waals surface area (Å²) in [6.07, 6.45) is 7.27. The number of carbonyl (C=O) groups is 1. The first-order chi connectivity index (χ1) is 7.05. The van der Waals surface area contributed by atoms with Crippen LogP contribution < -0.4 is 5.32 Å². The van der Waals surface area contributed by atoms with Crippen LogP contribution >= 0.6 is 0 Å². The zero-order valence-corrected chi connectivity index (χ0v) is 10.4. The molecule has 0 radical (unpaired) electrons. The Hall–Kier alpha value is -0.530. The predicted octanol–water partition coefficient (Wildman–Crippen LogP) is 3.12. The van der Waals surface area contributed by atoms with Gasteiger partial charge in [-0.25, -0.2) is 0 Å². The van der Waals surface area contributed by atoms with E-state index in [1.165, 1.54) is 25.7 Å². The van der Waals surface area contributed by atoms with Gasteiger partial charge in [0.25, 0.3) is 0 Å². The summed E-state index contributed by atoms with van der Waals surface area (Å²) in [7, 11) is 0. The van der Waals surface area contributed by atoms with Crippen molar-refractivity contribution >= 4 is 5.91 Å². The van der Waals surface area contributed by atoms with Crippen LogP contribution in [0.2, 0.25) is 0 Å². The molecule has 0 aliphatic heterocycles. The van der Waals surface area contributed by atoms with Crippen molar-refractivity contribution in [3.63, 3.8) is 0 Å². The lowest BCUT2D eigenvalue weighted by Crippen LogP contribution is -2.34. The van der Waals surface area contributed by atoms with Gasteiger partial charge in [-0.1, -0.05) is 40.0 Å². The van der Waals surface area contributed by atoms with Crippen LogP contribution in [0, 0.1) is 11.3 Å². The van der Waals surface area contributed by atoms with Gasteiger partial charge in [0.2, 0.25) is 5.91 Å². The average molecular weight is 211 g/mol. The molecule has 2 heteroatoms. The highest BCUT2D eigenvalue weighted by atomic mass is 16.2. The topological polar surface area (TPSA) is 29.1 Å². The summed E-state index contributed by atoms with van der Waals surface area (Å²) in [5.74, 6) is 0.620. The number of amides is 1. The number of rotatable bonds is 7. The molecule has 1 saturated carbocycles. The SMILES string of the molecule is CCCCCC(C)(C)CNC(=O)C1CC1. The third kappa shape index (κ3) is 5.19. The number of hydrogen-bond acceptors (Lipinski definition) is 1. The first-order valence-corrected chi connectivity index (χ1v) is 6.33. The second-order valence-electron chi connectivity index (χ2n) is 5.61. The molecule has 1 fully saturated rings. The molecule has 0 unspecified atom stereocenters. The van der Waals surface area contributed by atoms with E-state index in [1.807, 2.05) is 0 Å².